The van der Waals surface area contributed by atoms with Gasteiger partial charge in [-0.25, -0.2) is 8.42 Å². The van der Waals surface area contributed by atoms with Gasteiger partial charge < -0.3 is 5.73 Å². The van der Waals surface area contributed by atoms with Gasteiger partial charge in [0.25, 0.3) is 0 Å². The highest BCUT2D eigenvalue weighted by Crippen LogP contribution is 2.28. The van der Waals surface area contributed by atoms with Crippen molar-refractivity contribution in [3.05, 3.63) is 44.6 Å². The fourth-order valence-electron chi connectivity index (χ4n) is 1.53. The first-order valence-electron chi connectivity index (χ1n) is 5.21. The fraction of sp³-hybridized carbons (Fsp3) is 0.167. The highest BCUT2D eigenvalue weighted by molar-refractivity contribution is 9.10. The summed E-state index contributed by atoms with van der Waals surface area (Å²) >= 11 is 4.77. The second-order valence-electron chi connectivity index (χ2n) is 3.97. The van der Waals surface area contributed by atoms with Crippen LogP contribution in [-0.4, -0.2) is 8.42 Å². The minimum Gasteiger partial charge on any atom is -0.399 e. The van der Waals surface area contributed by atoms with Gasteiger partial charge >= 0.3 is 0 Å². The van der Waals surface area contributed by atoms with E-state index in [9.17, 15) is 8.42 Å². The van der Waals surface area contributed by atoms with Crippen molar-refractivity contribution in [2.24, 2.45) is 0 Å². The zero-order valence-electron chi connectivity index (χ0n) is 9.68. The number of hydrogen-bond donors (Lipinski definition) is 1. The van der Waals surface area contributed by atoms with Crippen molar-refractivity contribution in [3.63, 3.8) is 0 Å². The molecule has 0 unspecified atom stereocenters. The van der Waals surface area contributed by atoms with Crippen LogP contribution in [0.4, 0.5) is 5.69 Å². The lowest BCUT2D eigenvalue weighted by atomic mass is 10.2. The van der Waals surface area contributed by atoms with Crippen LogP contribution in [0.15, 0.2) is 39.0 Å². The van der Waals surface area contributed by atoms with Gasteiger partial charge in [-0.15, -0.1) is 11.3 Å². The molecule has 0 aliphatic heterocycles. The van der Waals surface area contributed by atoms with E-state index < -0.39 is 9.84 Å². The van der Waals surface area contributed by atoms with Gasteiger partial charge in [0, 0.05) is 15.0 Å². The van der Waals surface area contributed by atoms with Crippen LogP contribution in [0.5, 0.6) is 0 Å². The molecular weight excluding hydrogens is 334 g/mol. The summed E-state index contributed by atoms with van der Waals surface area (Å²) in [7, 11) is -3.32. The Hall–Kier alpha value is -0.850. The maximum atomic E-state index is 12.3. The summed E-state index contributed by atoms with van der Waals surface area (Å²) in [4.78, 5) is 1.12. The molecule has 1 heterocycles. The highest BCUT2D eigenvalue weighted by Gasteiger charge is 2.18. The van der Waals surface area contributed by atoms with Crippen molar-refractivity contribution < 1.29 is 8.42 Å². The summed E-state index contributed by atoms with van der Waals surface area (Å²) in [5.74, 6) is 0.00854. The molecule has 0 radical (unpaired) electrons. The van der Waals surface area contributed by atoms with Crippen molar-refractivity contribution in [3.8, 4) is 0 Å². The third kappa shape index (κ3) is 2.76. The monoisotopic (exact) mass is 345 g/mol. The molecule has 0 atom stereocenters. The van der Waals surface area contributed by atoms with Crippen LogP contribution in [0, 0.1) is 6.92 Å². The van der Waals surface area contributed by atoms with Crippen molar-refractivity contribution in [2.45, 2.75) is 17.6 Å². The van der Waals surface area contributed by atoms with E-state index >= 15 is 0 Å². The van der Waals surface area contributed by atoms with Crippen molar-refractivity contribution in [1.29, 1.82) is 0 Å². The second-order valence-corrected chi connectivity index (χ2v) is 7.81. The van der Waals surface area contributed by atoms with E-state index in [4.69, 9.17) is 5.73 Å². The van der Waals surface area contributed by atoms with Crippen LogP contribution >= 0.6 is 27.3 Å². The summed E-state index contributed by atoms with van der Waals surface area (Å²) in [6.45, 7) is 1.80. The number of rotatable bonds is 3. The highest BCUT2D eigenvalue weighted by atomic mass is 79.9. The van der Waals surface area contributed by atoms with E-state index in [1.54, 1.807) is 25.1 Å². The number of benzene rings is 1. The van der Waals surface area contributed by atoms with Gasteiger partial charge in [0.15, 0.2) is 9.84 Å². The average Bonchev–Trinajstić information content (AvgIpc) is 2.67. The number of anilines is 1. The molecular formula is C12H12BrNO2S2. The summed E-state index contributed by atoms with van der Waals surface area (Å²) in [6, 6.07) is 6.65. The number of thiophene rings is 1. The molecule has 0 spiro atoms. The molecule has 3 nitrogen and oxygen atoms in total. The topological polar surface area (TPSA) is 60.2 Å². The van der Waals surface area contributed by atoms with Gasteiger partial charge in [-0.05, 0) is 58.1 Å². The standard InChI is InChI=1S/C12H12BrNO2S2/c1-8-6-9(2-3-11(8)14)18(15,16)7-12-10(13)4-5-17-12/h2-6H,7,14H2,1H3. The van der Waals surface area contributed by atoms with E-state index in [2.05, 4.69) is 15.9 Å². The molecule has 0 saturated heterocycles. The normalized spacial score (nSPS) is 11.7. The third-order valence-corrected chi connectivity index (χ3v) is 6.36. The number of hydrogen-bond acceptors (Lipinski definition) is 4. The summed E-state index contributed by atoms with van der Waals surface area (Å²) in [6.07, 6.45) is 0. The molecule has 0 aliphatic rings. The minimum absolute atomic E-state index is 0.00854. The van der Waals surface area contributed by atoms with E-state index in [1.165, 1.54) is 11.3 Å². The molecule has 96 valence electrons. The minimum atomic E-state index is -3.32. The van der Waals surface area contributed by atoms with Crippen LogP contribution in [0.1, 0.15) is 10.4 Å². The van der Waals surface area contributed by atoms with Crippen LogP contribution in [0.2, 0.25) is 0 Å². The summed E-state index contributed by atoms with van der Waals surface area (Å²) in [5, 5.41) is 1.86. The SMILES string of the molecule is Cc1cc(S(=O)(=O)Cc2sccc2Br)ccc1N. The first-order valence-corrected chi connectivity index (χ1v) is 8.53. The van der Waals surface area contributed by atoms with Crippen molar-refractivity contribution in [2.75, 3.05) is 5.73 Å². The Labute approximate surface area is 119 Å². The summed E-state index contributed by atoms with van der Waals surface area (Å²) < 4.78 is 25.4. The lowest BCUT2D eigenvalue weighted by Gasteiger charge is -2.06. The molecule has 1 aromatic carbocycles. The molecule has 2 N–H and O–H groups in total. The predicted octanol–water partition coefficient (Wildman–Crippen LogP) is 3.38. The van der Waals surface area contributed by atoms with Gasteiger partial charge in [0.1, 0.15) is 0 Å². The van der Waals surface area contributed by atoms with Gasteiger partial charge in [-0.1, -0.05) is 0 Å². The Morgan fingerprint density at radius 2 is 2.06 bits per heavy atom. The first kappa shape index (κ1) is 13.6. The molecule has 0 bridgehead atoms. The summed E-state index contributed by atoms with van der Waals surface area (Å²) in [5.41, 5.74) is 7.07. The molecule has 1 aromatic heterocycles. The lowest BCUT2D eigenvalue weighted by molar-refractivity contribution is 0.595. The Bertz CT molecular complexity index is 677. The average molecular weight is 346 g/mol. The maximum absolute atomic E-state index is 12.3. The zero-order chi connectivity index (χ0) is 13.3. The van der Waals surface area contributed by atoms with Gasteiger partial charge in [0.2, 0.25) is 0 Å². The predicted molar refractivity (Wildman–Crippen MR) is 78.5 cm³/mol. The van der Waals surface area contributed by atoms with Crippen molar-refractivity contribution >= 4 is 42.8 Å². The smallest absolute Gasteiger partial charge is 0.183 e. The molecule has 18 heavy (non-hydrogen) atoms. The van der Waals surface area contributed by atoms with Crippen LogP contribution in [0.3, 0.4) is 0 Å². The molecule has 2 rings (SSSR count). The zero-order valence-corrected chi connectivity index (χ0v) is 12.9. The second kappa shape index (κ2) is 5.03. The van der Waals surface area contributed by atoms with E-state index in [0.717, 1.165) is 14.9 Å². The number of nitrogens with two attached hydrogens (primary N) is 1. The third-order valence-electron chi connectivity index (χ3n) is 2.61. The van der Waals surface area contributed by atoms with Gasteiger partial charge in [0.05, 0.1) is 10.6 Å². The Morgan fingerprint density at radius 3 is 2.61 bits per heavy atom. The number of nitrogen functional groups attached to an aromatic ring is 1. The molecule has 6 heteroatoms. The fourth-order valence-corrected chi connectivity index (χ4v) is 5.02. The first-order chi connectivity index (χ1) is 8.40. The largest absolute Gasteiger partial charge is 0.399 e. The quantitative estimate of drug-likeness (QED) is 0.867. The van der Waals surface area contributed by atoms with Crippen molar-refractivity contribution in [1.82, 2.24) is 0 Å². The Morgan fingerprint density at radius 1 is 1.33 bits per heavy atom. The van der Waals surface area contributed by atoms with Crippen LogP contribution in [-0.2, 0) is 15.6 Å². The van der Waals surface area contributed by atoms with E-state index in [1.807, 2.05) is 11.4 Å². The Balaban J connectivity index is 2.37. The molecule has 0 amide bonds. The van der Waals surface area contributed by atoms with Gasteiger partial charge in [-0.3, -0.25) is 0 Å². The molecule has 0 fully saturated rings. The lowest BCUT2D eigenvalue weighted by Crippen LogP contribution is -2.05. The number of sulfone groups is 1. The van der Waals surface area contributed by atoms with Gasteiger partial charge in [-0.2, -0.15) is 0 Å². The number of aryl methyl sites for hydroxylation is 1. The number of halogens is 1. The molecule has 0 aliphatic carbocycles. The molecule has 0 saturated carbocycles. The van der Waals surface area contributed by atoms with E-state index in [0.29, 0.717) is 10.6 Å². The van der Waals surface area contributed by atoms with E-state index in [-0.39, 0.29) is 5.75 Å². The molecule has 2 aromatic rings. The van der Waals surface area contributed by atoms with Crippen LogP contribution < -0.4 is 5.73 Å². The maximum Gasteiger partial charge on any atom is 0.183 e. The Kier molecular flexibility index (Phi) is 3.79. The van der Waals surface area contributed by atoms with Crippen LogP contribution in [0.25, 0.3) is 0 Å².